The molecule has 2 aromatic rings. The van der Waals surface area contributed by atoms with E-state index in [0.29, 0.717) is 19.5 Å². The lowest BCUT2D eigenvalue weighted by Gasteiger charge is -2.28. The molecule has 128 valence electrons. The molecule has 1 aliphatic rings. The predicted molar refractivity (Wildman–Crippen MR) is 99.3 cm³/mol. The number of aromatic nitrogens is 3. The van der Waals surface area contributed by atoms with Crippen LogP contribution in [-0.4, -0.2) is 25.8 Å². The number of fused-ring (bicyclic) bond motifs is 3. The molecule has 0 bridgehead atoms. The molecule has 1 aromatic carbocycles. The monoisotopic (exact) mass is 334 g/mol. The predicted octanol–water partition coefficient (Wildman–Crippen LogP) is 3.80. The Morgan fingerprint density at radius 1 is 1.24 bits per heavy atom. The van der Waals surface area contributed by atoms with E-state index >= 15 is 0 Å². The number of hydrogen-bond donors (Lipinski definition) is 0. The van der Waals surface area contributed by atoms with Gasteiger partial charge in [0.15, 0.2) is 0 Å². The van der Waals surface area contributed by atoms with Gasteiger partial charge in [0.2, 0.25) is 5.91 Å². The van der Waals surface area contributed by atoms with E-state index in [-0.39, 0.29) is 5.91 Å². The van der Waals surface area contributed by atoms with Crippen molar-refractivity contribution in [1.29, 1.82) is 0 Å². The number of rotatable bonds is 4. The van der Waals surface area contributed by atoms with Crippen molar-refractivity contribution in [2.75, 3.05) is 0 Å². The average molecular weight is 334 g/mol. The lowest BCUT2D eigenvalue weighted by molar-refractivity contribution is -0.129. The number of carbonyl (C=O) groups is 1. The summed E-state index contributed by atoms with van der Waals surface area (Å²) in [6.45, 7) is 13.0. The average Bonchev–Trinajstić information content (AvgIpc) is 3.05. The fraction of sp³-hybridized carbons (Fsp3) is 0.250. The van der Waals surface area contributed by atoms with E-state index in [9.17, 15) is 4.79 Å². The highest BCUT2D eigenvalue weighted by Gasteiger charge is 2.28. The minimum Gasteiger partial charge on any atom is -0.307 e. The van der Waals surface area contributed by atoms with Crippen molar-refractivity contribution in [2.24, 2.45) is 0 Å². The molecule has 1 aliphatic heterocycles. The quantitative estimate of drug-likeness (QED) is 0.854. The lowest BCUT2D eigenvalue weighted by atomic mass is 9.95. The second kappa shape index (κ2) is 6.89. The second-order valence-corrected chi connectivity index (χ2v) is 5.80. The van der Waals surface area contributed by atoms with E-state index in [1.807, 2.05) is 36.7 Å². The van der Waals surface area contributed by atoms with Crippen LogP contribution in [-0.2, 0) is 17.9 Å². The van der Waals surface area contributed by atoms with Crippen molar-refractivity contribution in [1.82, 2.24) is 19.9 Å². The van der Waals surface area contributed by atoms with Gasteiger partial charge in [-0.05, 0) is 18.6 Å². The molecule has 1 amide bonds. The molecule has 0 spiro atoms. The third-order valence-corrected chi connectivity index (χ3v) is 4.46. The van der Waals surface area contributed by atoms with Crippen LogP contribution in [0.25, 0.3) is 16.8 Å². The highest BCUT2D eigenvalue weighted by atomic mass is 16.2. The maximum absolute atomic E-state index is 12.6. The number of benzene rings is 1. The van der Waals surface area contributed by atoms with Crippen molar-refractivity contribution in [3.8, 4) is 11.3 Å². The van der Waals surface area contributed by atoms with Crippen molar-refractivity contribution in [3.63, 3.8) is 0 Å². The van der Waals surface area contributed by atoms with Crippen LogP contribution >= 0.6 is 0 Å². The molecule has 0 unspecified atom stereocenters. The van der Waals surface area contributed by atoms with Gasteiger partial charge in [0.25, 0.3) is 0 Å². The van der Waals surface area contributed by atoms with Gasteiger partial charge in [-0.1, -0.05) is 55.6 Å². The Morgan fingerprint density at radius 2 is 2.00 bits per heavy atom. The number of nitrogens with zero attached hydrogens (tertiary/aromatic N) is 4. The standard InChI is InChI=1S/C20H22N4O/c1-5-15-17(6-2)23(18(25)7-3)13-14-11-9-10-12-16(14)20-19(15)21-22-24(20)8-4/h5-6,9-12H,1-2,7-8,13H2,3-4H3/b17-15-. The largest absolute Gasteiger partial charge is 0.307 e. The first kappa shape index (κ1) is 16.9. The molecule has 5 heteroatoms. The Kier molecular flexibility index (Phi) is 4.65. The normalized spacial score (nSPS) is 16.5. The second-order valence-electron chi connectivity index (χ2n) is 5.80. The Labute approximate surface area is 148 Å². The number of carbonyl (C=O) groups excluding carboxylic acids is 1. The van der Waals surface area contributed by atoms with Gasteiger partial charge in [0.1, 0.15) is 5.69 Å². The zero-order valence-electron chi connectivity index (χ0n) is 14.7. The fourth-order valence-corrected chi connectivity index (χ4v) is 3.23. The van der Waals surface area contributed by atoms with E-state index in [0.717, 1.165) is 33.8 Å². The van der Waals surface area contributed by atoms with E-state index in [1.54, 1.807) is 17.1 Å². The van der Waals surface area contributed by atoms with Gasteiger partial charge in [-0.3, -0.25) is 4.79 Å². The molecule has 3 rings (SSSR count). The Balaban J connectivity index is 2.40. The van der Waals surface area contributed by atoms with E-state index in [4.69, 9.17) is 0 Å². The molecule has 0 saturated heterocycles. The number of amides is 1. The molecule has 0 saturated carbocycles. The van der Waals surface area contributed by atoms with Crippen LogP contribution in [0.1, 0.15) is 31.5 Å². The maximum Gasteiger partial charge on any atom is 0.227 e. The van der Waals surface area contributed by atoms with Crippen LogP contribution in [0.4, 0.5) is 0 Å². The van der Waals surface area contributed by atoms with E-state index in [2.05, 4.69) is 29.5 Å². The summed E-state index contributed by atoms with van der Waals surface area (Å²) in [4.78, 5) is 14.4. The first-order valence-corrected chi connectivity index (χ1v) is 8.47. The van der Waals surface area contributed by atoms with Crippen molar-refractivity contribution in [2.45, 2.75) is 33.4 Å². The van der Waals surface area contributed by atoms with Crippen LogP contribution in [0.15, 0.2) is 55.3 Å². The number of aryl methyl sites for hydroxylation is 1. The molecule has 0 aliphatic carbocycles. The molecule has 0 N–H and O–H groups in total. The summed E-state index contributed by atoms with van der Waals surface area (Å²) in [5.74, 6) is 0.0374. The van der Waals surface area contributed by atoms with Crippen molar-refractivity contribution in [3.05, 3.63) is 66.5 Å². The van der Waals surface area contributed by atoms with Crippen molar-refractivity contribution < 1.29 is 4.79 Å². The van der Waals surface area contributed by atoms with E-state index < -0.39 is 0 Å². The zero-order chi connectivity index (χ0) is 18.0. The van der Waals surface area contributed by atoms with Gasteiger partial charge >= 0.3 is 0 Å². The van der Waals surface area contributed by atoms with Gasteiger partial charge < -0.3 is 4.90 Å². The summed E-state index contributed by atoms with van der Waals surface area (Å²) in [5, 5.41) is 8.70. The van der Waals surface area contributed by atoms with Gasteiger partial charge in [0, 0.05) is 24.1 Å². The third kappa shape index (κ3) is 2.71. The number of allylic oxidation sites excluding steroid dienone is 3. The van der Waals surface area contributed by atoms with Gasteiger partial charge in [-0.2, -0.15) is 0 Å². The van der Waals surface area contributed by atoms with Crippen LogP contribution in [0.2, 0.25) is 0 Å². The minimum atomic E-state index is 0.0374. The smallest absolute Gasteiger partial charge is 0.227 e. The summed E-state index contributed by atoms with van der Waals surface area (Å²) in [6, 6.07) is 8.08. The Morgan fingerprint density at radius 3 is 2.64 bits per heavy atom. The van der Waals surface area contributed by atoms with Crippen LogP contribution < -0.4 is 0 Å². The summed E-state index contributed by atoms with van der Waals surface area (Å²) in [7, 11) is 0. The molecule has 25 heavy (non-hydrogen) atoms. The summed E-state index contributed by atoms with van der Waals surface area (Å²) in [5.41, 5.74) is 5.29. The fourth-order valence-electron chi connectivity index (χ4n) is 3.23. The SMILES string of the molecule is C=C/C1=C(\C=C)N(C(=O)CC)Cc2ccccc2-c2c1nnn2CC. The Hall–Kier alpha value is -2.95. The van der Waals surface area contributed by atoms with Crippen molar-refractivity contribution >= 4 is 11.5 Å². The third-order valence-electron chi connectivity index (χ3n) is 4.46. The molecule has 0 radical (unpaired) electrons. The van der Waals surface area contributed by atoms with Gasteiger partial charge in [0.05, 0.1) is 17.9 Å². The van der Waals surface area contributed by atoms with Crippen LogP contribution in [0, 0.1) is 0 Å². The summed E-state index contributed by atoms with van der Waals surface area (Å²) < 4.78 is 1.88. The number of hydrogen-bond acceptors (Lipinski definition) is 3. The van der Waals surface area contributed by atoms with E-state index in [1.165, 1.54) is 0 Å². The highest BCUT2D eigenvalue weighted by Crippen LogP contribution is 2.36. The summed E-state index contributed by atoms with van der Waals surface area (Å²) >= 11 is 0. The highest BCUT2D eigenvalue weighted by molar-refractivity contribution is 5.89. The minimum absolute atomic E-state index is 0.0374. The molecule has 0 fully saturated rings. The first-order valence-electron chi connectivity index (χ1n) is 8.47. The molecule has 2 heterocycles. The molecular weight excluding hydrogens is 312 g/mol. The maximum atomic E-state index is 12.6. The van der Waals surface area contributed by atoms with Crippen LogP contribution in [0.3, 0.4) is 0 Å². The molecule has 0 atom stereocenters. The first-order chi connectivity index (χ1) is 12.2. The zero-order valence-corrected chi connectivity index (χ0v) is 14.7. The molecular formula is C20H22N4O. The molecule has 5 nitrogen and oxygen atoms in total. The molecule has 1 aromatic heterocycles. The lowest BCUT2D eigenvalue weighted by Crippen LogP contribution is -2.30. The van der Waals surface area contributed by atoms with Crippen LogP contribution in [0.5, 0.6) is 0 Å². The topological polar surface area (TPSA) is 51.0 Å². The van der Waals surface area contributed by atoms with Gasteiger partial charge in [-0.15, -0.1) is 5.10 Å². The van der Waals surface area contributed by atoms with Gasteiger partial charge in [-0.25, -0.2) is 4.68 Å². The Bertz CT molecular complexity index is 876. The summed E-state index contributed by atoms with van der Waals surface area (Å²) in [6.07, 6.45) is 3.85.